The molecule has 2 rings (SSSR count). The summed E-state index contributed by atoms with van der Waals surface area (Å²) < 4.78 is 10.1. The fraction of sp³-hybridized carbons (Fsp3) is 0.556. The van der Waals surface area contributed by atoms with Gasteiger partial charge in [0.2, 0.25) is 5.76 Å². The van der Waals surface area contributed by atoms with Crippen molar-refractivity contribution in [2.75, 3.05) is 0 Å². The Kier molecular flexibility index (Phi) is 1.83. The van der Waals surface area contributed by atoms with E-state index in [1.54, 1.807) is 0 Å². The third kappa shape index (κ3) is 1.56. The second kappa shape index (κ2) is 2.87. The number of hydrogen-bond acceptors (Lipinski definition) is 4. The van der Waals surface area contributed by atoms with Gasteiger partial charge in [-0.2, -0.15) is 0 Å². The Labute approximate surface area is 75.9 Å². The van der Waals surface area contributed by atoms with Crippen LogP contribution in [0.3, 0.4) is 0 Å². The summed E-state index contributed by atoms with van der Waals surface area (Å²) in [6, 6.07) is 0. The molecule has 1 heterocycles. The number of carbonyl (C=O) groups excluding carboxylic acids is 1. The van der Waals surface area contributed by atoms with Crippen LogP contribution in [0.1, 0.15) is 36.7 Å². The van der Waals surface area contributed by atoms with Crippen molar-refractivity contribution in [3.63, 3.8) is 0 Å². The Bertz CT molecular complexity index is 301. The zero-order chi connectivity index (χ0) is 9.31. The molecule has 0 unspecified atom stereocenters. The largest absolute Gasteiger partial charge is 0.453 e. The van der Waals surface area contributed by atoms with Crippen molar-refractivity contribution in [1.29, 1.82) is 0 Å². The van der Waals surface area contributed by atoms with Gasteiger partial charge in [0.25, 0.3) is 0 Å². The van der Waals surface area contributed by atoms with E-state index in [2.05, 4.69) is 4.98 Å². The van der Waals surface area contributed by atoms with Crippen LogP contribution in [0.5, 0.6) is 0 Å². The van der Waals surface area contributed by atoms with Crippen LogP contribution in [-0.2, 0) is 4.74 Å². The molecule has 1 aliphatic rings. The minimum absolute atomic E-state index is 0.174. The van der Waals surface area contributed by atoms with Gasteiger partial charge in [-0.1, -0.05) is 0 Å². The third-order valence-corrected chi connectivity index (χ3v) is 2.38. The number of aromatic nitrogens is 1. The maximum Gasteiger partial charge on any atom is 0.376 e. The van der Waals surface area contributed by atoms with E-state index < -0.39 is 5.97 Å². The molecule has 0 spiro atoms. The molecule has 13 heavy (non-hydrogen) atoms. The fourth-order valence-electron chi connectivity index (χ4n) is 1.37. The second-order valence-corrected chi connectivity index (χ2v) is 3.56. The molecule has 0 N–H and O–H groups in total. The molecule has 70 valence electrons. The van der Waals surface area contributed by atoms with Crippen LogP contribution in [0.25, 0.3) is 0 Å². The van der Waals surface area contributed by atoms with Gasteiger partial charge in [-0.3, -0.25) is 0 Å². The number of rotatable bonds is 2. The molecule has 0 amide bonds. The van der Waals surface area contributed by atoms with E-state index in [4.69, 9.17) is 9.15 Å². The summed E-state index contributed by atoms with van der Waals surface area (Å²) in [6.07, 6.45) is 5.59. The monoisotopic (exact) mass is 181 g/mol. The molecule has 0 aromatic carbocycles. The van der Waals surface area contributed by atoms with E-state index in [9.17, 15) is 4.79 Å². The summed E-state index contributed by atoms with van der Waals surface area (Å²) in [7, 11) is 0. The van der Waals surface area contributed by atoms with Crippen LogP contribution in [0, 0.1) is 0 Å². The standard InChI is InChI=1S/C9H11NO3/c1-9(3-2-4-9)13-8(11)7-5-10-6-12-7/h5-6H,2-4H2,1H3. The molecule has 1 saturated carbocycles. The Hall–Kier alpha value is -1.32. The lowest BCUT2D eigenvalue weighted by Gasteiger charge is -2.37. The molecule has 0 aliphatic heterocycles. The first-order chi connectivity index (χ1) is 6.20. The van der Waals surface area contributed by atoms with E-state index >= 15 is 0 Å². The molecule has 1 aliphatic carbocycles. The molecular weight excluding hydrogens is 170 g/mol. The van der Waals surface area contributed by atoms with Gasteiger partial charge in [-0.15, -0.1) is 0 Å². The molecule has 4 heteroatoms. The first-order valence-corrected chi connectivity index (χ1v) is 4.31. The molecule has 1 fully saturated rings. The summed E-state index contributed by atoms with van der Waals surface area (Å²) in [6.45, 7) is 1.94. The lowest BCUT2D eigenvalue weighted by molar-refractivity contribution is -0.0520. The highest BCUT2D eigenvalue weighted by molar-refractivity contribution is 5.86. The molecule has 0 saturated heterocycles. The highest BCUT2D eigenvalue weighted by Crippen LogP contribution is 2.35. The number of oxazole rings is 1. The average molecular weight is 181 g/mol. The Balaban J connectivity index is 1.99. The van der Waals surface area contributed by atoms with Crippen LogP contribution >= 0.6 is 0 Å². The van der Waals surface area contributed by atoms with Gasteiger partial charge in [0.1, 0.15) is 5.60 Å². The van der Waals surface area contributed by atoms with Gasteiger partial charge >= 0.3 is 5.97 Å². The van der Waals surface area contributed by atoms with Gasteiger partial charge in [0.05, 0.1) is 6.20 Å². The van der Waals surface area contributed by atoms with Gasteiger partial charge in [0, 0.05) is 0 Å². The van der Waals surface area contributed by atoms with Crippen LogP contribution < -0.4 is 0 Å². The summed E-state index contributed by atoms with van der Waals surface area (Å²) in [4.78, 5) is 15.0. The van der Waals surface area contributed by atoms with E-state index in [0.717, 1.165) is 19.3 Å². The maximum absolute atomic E-state index is 11.4. The van der Waals surface area contributed by atoms with Crippen LogP contribution in [0.2, 0.25) is 0 Å². The SMILES string of the molecule is CC1(OC(=O)c2cnco2)CCC1. The first kappa shape index (κ1) is 8.29. The normalized spacial score (nSPS) is 19.2. The number of carbonyl (C=O) groups is 1. The molecule has 0 radical (unpaired) electrons. The number of esters is 1. The van der Waals surface area contributed by atoms with Crippen LogP contribution in [-0.4, -0.2) is 16.6 Å². The third-order valence-electron chi connectivity index (χ3n) is 2.38. The number of hydrogen-bond donors (Lipinski definition) is 0. The summed E-state index contributed by atoms with van der Waals surface area (Å²) in [5.74, 6) is -0.243. The van der Waals surface area contributed by atoms with Crippen molar-refractivity contribution in [2.24, 2.45) is 0 Å². The second-order valence-electron chi connectivity index (χ2n) is 3.56. The molecule has 4 nitrogen and oxygen atoms in total. The van der Waals surface area contributed by atoms with Crippen LogP contribution in [0.15, 0.2) is 17.0 Å². The summed E-state index contributed by atoms with van der Waals surface area (Å²) in [5, 5.41) is 0. The molecule has 0 bridgehead atoms. The minimum atomic E-state index is -0.417. The predicted octanol–water partition coefficient (Wildman–Crippen LogP) is 1.77. The lowest BCUT2D eigenvalue weighted by atomic mass is 9.82. The molecule has 1 aromatic rings. The summed E-state index contributed by atoms with van der Waals surface area (Å²) >= 11 is 0. The lowest BCUT2D eigenvalue weighted by Crippen LogP contribution is -2.38. The van der Waals surface area contributed by atoms with E-state index in [1.807, 2.05) is 6.92 Å². The minimum Gasteiger partial charge on any atom is -0.453 e. The average Bonchev–Trinajstić information content (AvgIpc) is 2.53. The molecule has 1 aromatic heterocycles. The van der Waals surface area contributed by atoms with Crippen molar-refractivity contribution >= 4 is 5.97 Å². The van der Waals surface area contributed by atoms with Gasteiger partial charge in [-0.05, 0) is 26.2 Å². The van der Waals surface area contributed by atoms with Crippen molar-refractivity contribution in [2.45, 2.75) is 31.8 Å². The van der Waals surface area contributed by atoms with Gasteiger partial charge < -0.3 is 9.15 Å². The van der Waals surface area contributed by atoms with Gasteiger partial charge in [0.15, 0.2) is 6.39 Å². The van der Waals surface area contributed by atoms with E-state index in [0.29, 0.717) is 0 Å². The number of nitrogens with zero attached hydrogens (tertiary/aromatic N) is 1. The Morgan fingerprint density at radius 1 is 1.69 bits per heavy atom. The highest BCUT2D eigenvalue weighted by atomic mass is 16.6. The van der Waals surface area contributed by atoms with E-state index in [-0.39, 0.29) is 11.4 Å². The zero-order valence-electron chi connectivity index (χ0n) is 7.45. The quantitative estimate of drug-likeness (QED) is 0.652. The Morgan fingerprint density at radius 3 is 2.92 bits per heavy atom. The Morgan fingerprint density at radius 2 is 2.46 bits per heavy atom. The molecular formula is C9H11NO3. The van der Waals surface area contributed by atoms with Crippen molar-refractivity contribution in [1.82, 2.24) is 4.98 Å². The first-order valence-electron chi connectivity index (χ1n) is 4.31. The zero-order valence-corrected chi connectivity index (χ0v) is 7.45. The van der Waals surface area contributed by atoms with Crippen molar-refractivity contribution < 1.29 is 13.9 Å². The van der Waals surface area contributed by atoms with Crippen molar-refractivity contribution in [3.8, 4) is 0 Å². The van der Waals surface area contributed by atoms with Crippen LogP contribution in [0.4, 0.5) is 0 Å². The van der Waals surface area contributed by atoms with Crippen molar-refractivity contribution in [3.05, 3.63) is 18.4 Å². The smallest absolute Gasteiger partial charge is 0.376 e. The predicted molar refractivity (Wildman–Crippen MR) is 44.2 cm³/mol. The summed E-state index contributed by atoms with van der Waals surface area (Å²) in [5.41, 5.74) is -0.274. The number of ether oxygens (including phenoxy) is 1. The fourth-order valence-corrected chi connectivity index (χ4v) is 1.37. The molecule has 0 atom stereocenters. The maximum atomic E-state index is 11.4. The highest BCUT2D eigenvalue weighted by Gasteiger charge is 2.36. The van der Waals surface area contributed by atoms with Gasteiger partial charge in [-0.25, -0.2) is 9.78 Å². The topological polar surface area (TPSA) is 52.3 Å². The van der Waals surface area contributed by atoms with E-state index in [1.165, 1.54) is 12.6 Å².